The van der Waals surface area contributed by atoms with Crippen LogP contribution in [-0.4, -0.2) is 41.4 Å². The van der Waals surface area contributed by atoms with E-state index in [1.165, 1.54) is 12.1 Å². The summed E-state index contributed by atoms with van der Waals surface area (Å²) in [4.78, 5) is 25.3. The summed E-state index contributed by atoms with van der Waals surface area (Å²) in [5.74, 6) is 2.00. The average Bonchev–Trinajstić information content (AvgIpc) is 3.02. The highest BCUT2D eigenvalue weighted by Crippen LogP contribution is 2.40. The molecule has 2 heterocycles. The number of nitrogens with zero attached hydrogens (tertiary/aromatic N) is 2. The third kappa shape index (κ3) is 3.57. The predicted molar refractivity (Wildman–Crippen MR) is 101 cm³/mol. The van der Waals surface area contributed by atoms with Crippen LogP contribution < -0.4 is 9.47 Å². The van der Waals surface area contributed by atoms with Crippen LogP contribution in [0.15, 0.2) is 42.5 Å². The number of hydrogen-bond acceptors (Lipinski definition) is 6. The van der Waals surface area contributed by atoms with Crippen LogP contribution in [0.1, 0.15) is 27.6 Å². The van der Waals surface area contributed by atoms with Crippen molar-refractivity contribution < 1.29 is 19.2 Å². The first kappa shape index (κ1) is 17.7. The van der Waals surface area contributed by atoms with E-state index in [4.69, 9.17) is 9.47 Å². The lowest BCUT2D eigenvalue weighted by Crippen LogP contribution is -2.33. The molecule has 0 spiro atoms. The minimum Gasteiger partial charge on any atom is -0.454 e. The van der Waals surface area contributed by atoms with Crippen molar-refractivity contribution in [3.05, 3.63) is 63.7 Å². The standard InChI is InChI=1S/C19H18N2O5S/c22-19(14-3-1-2-4-15(14)21(23)24)20-8-7-18(27-10-9-20)13-5-6-16-17(11-13)26-12-25-16/h1-6,11,18H,7-10,12H2. The summed E-state index contributed by atoms with van der Waals surface area (Å²) in [6, 6.07) is 12.1. The first-order valence-electron chi connectivity index (χ1n) is 8.67. The fraction of sp³-hybridized carbons (Fsp3) is 0.316. The van der Waals surface area contributed by atoms with E-state index in [0.717, 1.165) is 29.2 Å². The van der Waals surface area contributed by atoms with E-state index in [-0.39, 0.29) is 29.2 Å². The highest BCUT2D eigenvalue weighted by atomic mass is 32.2. The average molecular weight is 386 g/mol. The summed E-state index contributed by atoms with van der Waals surface area (Å²) < 4.78 is 10.8. The van der Waals surface area contributed by atoms with E-state index in [0.29, 0.717) is 13.1 Å². The van der Waals surface area contributed by atoms with E-state index < -0.39 is 4.92 Å². The van der Waals surface area contributed by atoms with Gasteiger partial charge in [-0.2, -0.15) is 11.8 Å². The zero-order valence-corrected chi connectivity index (χ0v) is 15.3. The zero-order valence-electron chi connectivity index (χ0n) is 14.5. The molecule has 1 atom stereocenters. The van der Waals surface area contributed by atoms with Gasteiger partial charge in [0.05, 0.1) is 4.92 Å². The molecule has 4 rings (SSSR count). The van der Waals surface area contributed by atoms with Crippen LogP contribution in [0.2, 0.25) is 0 Å². The second-order valence-corrected chi connectivity index (χ2v) is 7.64. The van der Waals surface area contributed by atoms with Gasteiger partial charge < -0.3 is 14.4 Å². The van der Waals surface area contributed by atoms with Crippen molar-refractivity contribution in [3.8, 4) is 11.5 Å². The lowest BCUT2D eigenvalue weighted by molar-refractivity contribution is -0.385. The molecular weight excluding hydrogens is 368 g/mol. The van der Waals surface area contributed by atoms with Gasteiger partial charge in [0.15, 0.2) is 11.5 Å². The third-order valence-corrected chi connectivity index (χ3v) is 6.06. The van der Waals surface area contributed by atoms with E-state index in [1.807, 2.05) is 18.2 Å². The molecule has 0 N–H and O–H groups in total. The Kier molecular flexibility index (Phi) is 4.89. The molecule has 140 valence electrons. The van der Waals surface area contributed by atoms with Crippen molar-refractivity contribution in [1.82, 2.24) is 4.90 Å². The molecule has 1 amide bonds. The monoisotopic (exact) mass is 386 g/mol. The Labute approximate surface area is 160 Å². The van der Waals surface area contributed by atoms with E-state index >= 15 is 0 Å². The van der Waals surface area contributed by atoms with E-state index in [2.05, 4.69) is 0 Å². The number of carbonyl (C=O) groups excluding carboxylic acids is 1. The molecule has 2 aliphatic rings. The molecule has 0 aliphatic carbocycles. The van der Waals surface area contributed by atoms with Crippen LogP contribution in [0, 0.1) is 10.1 Å². The van der Waals surface area contributed by atoms with Crippen molar-refractivity contribution in [3.63, 3.8) is 0 Å². The Morgan fingerprint density at radius 3 is 2.81 bits per heavy atom. The SMILES string of the molecule is O=C(c1ccccc1[N+](=O)[O-])N1CCSC(c2ccc3c(c2)OCO3)CC1. The molecule has 2 aliphatic heterocycles. The minimum absolute atomic E-state index is 0.147. The minimum atomic E-state index is -0.505. The Balaban J connectivity index is 1.49. The van der Waals surface area contributed by atoms with Gasteiger partial charge in [0, 0.05) is 30.2 Å². The van der Waals surface area contributed by atoms with Crippen LogP contribution in [0.3, 0.4) is 0 Å². The largest absolute Gasteiger partial charge is 0.454 e. The Bertz CT molecular complexity index is 888. The summed E-state index contributed by atoms with van der Waals surface area (Å²) in [6.45, 7) is 1.36. The maximum atomic E-state index is 12.9. The number of fused-ring (bicyclic) bond motifs is 1. The molecule has 0 bridgehead atoms. The van der Waals surface area contributed by atoms with Crippen LogP contribution >= 0.6 is 11.8 Å². The molecular formula is C19H18N2O5S. The third-order valence-electron chi connectivity index (χ3n) is 4.73. The molecule has 0 aromatic heterocycles. The molecule has 1 unspecified atom stereocenters. The lowest BCUT2D eigenvalue weighted by Gasteiger charge is -2.20. The number of para-hydroxylation sites is 1. The summed E-state index contributed by atoms with van der Waals surface area (Å²) in [5.41, 5.74) is 1.14. The van der Waals surface area contributed by atoms with Gasteiger partial charge in [-0.05, 0) is 30.2 Å². The van der Waals surface area contributed by atoms with Crippen LogP contribution in [0.25, 0.3) is 0 Å². The topological polar surface area (TPSA) is 81.9 Å². The van der Waals surface area contributed by atoms with Crippen molar-refractivity contribution in [2.45, 2.75) is 11.7 Å². The Morgan fingerprint density at radius 1 is 1.15 bits per heavy atom. The lowest BCUT2D eigenvalue weighted by atomic mass is 10.1. The number of ether oxygens (including phenoxy) is 2. The number of thioether (sulfide) groups is 1. The summed E-state index contributed by atoms with van der Waals surface area (Å²) >= 11 is 1.79. The van der Waals surface area contributed by atoms with Gasteiger partial charge in [-0.1, -0.05) is 18.2 Å². The maximum absolute atomic E-state index is 12.9. The van der Waals surface area contributed by atoms with Crippen molar-refractivity contribution in [1.29, 1.82) is 0 Å². The second-order valence-electron chi connectivity index (χ2n) is 6.33. The van der Waals surface area contributed by atoms with E-state index in [9.17, 15) is 14.9 Å². The molecule has 0 radical (unpaired) electrons. The number of hydrogen-bond donors (Lipinski definition) is 0. The van der Waals surface area contributed by atoms with Crippen molar-refractivity contribution in [2.75, 3.05) is 25.6 Å². The number of nitro benzene ring substituents is 1. The number of amides is 1. The summed E-state index contributed by atoms with van der Waals surface area (Å²) in [5, 5.41) is 11.5. The Morgan fingerprint density at radius 2 is 1.96 bits per heavy atom. The smallest absolute Gasteiger partial charge is 0.282 e. The molecule has 2 aromatic rings. The predicted octanol–water partition coefficient (Wildman–Crippen LogP) is 3.64. The number of benzene rings is 2. The quantitative estimate of drug-likeness (QED) is 0.592. The van der Waals surface area contributed by atoms with Crippen molar-refractivity contribution >= 4 is 23.4 Å². The highest BCUT2D eigenvalue weighted by molar-refractivity contribution is 7.99. The van der Waals surface area contributed by atoms with Gasteiger partial charge >= 0.3 is 0 Å². The van der Waals surface area contributed by atoms with Gasteiger partial charge in [0.1, 0.15) is 5.56 Å². The van der Waals surface area contributed by atoms with Gasteiger partial charge in [-0.3, -0.25) is 14.9 Å². The molecule has 1 saturated heterocycles. The molecule has 8 heteroatoms. The van der Waals surface area contributed by atoms with Crippen LogP contribution in [0.4, 0.5) is 5.69 Å². The molecule has 27 heavy (non-hydrogen) atoms. The number of rotatable bonds is 3. The second kappa shape index (κ2) is 7.48. The molecule has 1 fully saturated rings. The molecule has 7 nitrogen and oxygen atoms in total. The van der Waals surface area contributed by atoms with Gasteiger partial charge in [0.2, 0.25) is 6.79 Å². The zero-order chi connectivity index (χ0) is 18.8. The normalized spacial score (nSPS) is 18.8. The first-order chi connectivity index (χ1) is 13.1. The summed E-state index contributed by atoms with van der Waals surface area (Å²) in [7, 11) is 0. The van der Waals surface area contributed by atoms with Gasteiger partial charge in [-0.15, -0.1) is 0 Å². The Hall–Kier alpha value is -2.74. The van der Waals surface area contributed by atoms with Crippen molar-refractivity contribution in [2.24, 2.45) is 0 Å². The van der Waals surface area contributed by atoms with E-state index in [1.54, 1.807) is 28.8 Å². The fourth-order valence-electron chi connectivity index (χ4n) is 3.34. The van der Waals surface area contributed by atoms with Crippen LogP contribution in [-0.2, 0) is 0 Å². The maximum Gasteiger partial charge on any atom is 0.282 e. The highest BCUT2D eigenvalue weighted by Gasteiger charge is 2.28. The van der Waals surface area contributed by atoms with Gasteiger partial charge in [0.25, 0.3) is 11.6 Å². The fourth-order valence-corrected chi connectivity index (χ4v) is 4.56. The molecule has 2 aromatic carbocycles. The number of carbonyl (C=O) groups is 1. The summed E-state index contributed by atoms with van der Waals surface area (Å²) in [6.07, 6.45) is 0.774. The number of nitro groups is 1. The van der Waals surface area contributed by atoms with Gasteiger partial charge in [-0.25, -0.2) is 0 Å². The first-order valence-corrected chi connectivity index (χ1v) is 9.72. The van der Waals surface area contributed by atoms with Crippen LogP contribution in [0.5, 0.6) is 11.5 Å². The molecule has 0 saturated carbocycles.